The molecule has 1 atom stereocenters. The van der Waals surface area contributed by atoms with Gasteiger partial charge in [-0.15, -0.1) is 0 Å². The molecular weight excluding hydrogens is 228 g/mol. The third kappa shape index (κ3) is 1.89. The average molecular weight is 238 g/mol. The number of ether oxygens (including phenoxy) is 1. The van der Waals surface area contributed by atoms with Gasteiger partial charge in [0.25, 0.3) is 0 Å². The van der Waals surface area contributed by atoms with Gasteiger partial charge in [-0.2, -0.15) is 0 Å². The minimum atomic E-state index is -1.18. The van der Waals surface area contributed by atoms with Gasteiger partial charge in [0.15, 0.2) is 5.71 Å². The first-order valence-electron chi connectivity index (χ1n) is 4.79. The topological polar surface area (TPSA) is 104 Å². The summed E-state index contributed by atoms with van der Waals surface area (Å²) in [6.07, 6.45) is 0.839. The highest BCUT2D eigenvalue weighted by Gasteiger charge is 2.33. The van der Waals surface area contributed by atoms with Crippen LogP contribution in [0.1, 0.15) is 6.92 Å². The number of carbonyl (C=O) groups is 2. The standard InChI is InChI=1S/C9H10N4O4/c1-4-10-9-11-5(8(16)17-2)3-6(7(14)15)13(9)12-4/h3-4,12H,1-2H3,(H,14,15). The molecule has 0 aliphatic carbocycles. The third-order valence-electron chi connectivity index (χ3n) is 2.17. The number of carboxylic acids is 1. The summed E-state index contributed by atoms with van der Waals surface area (Å²) in [5.74, 6) is -1.75. The Bertz CT molecular complexity index is 479. The number of hydrazine groups is 1. The van der Waals surface area contributed by atoms with Crippen molar-refractivity contribution in [3.05, 3.63) is 11.8 Å². The van der Waals surface area contributed by atoms with E-state index in [0.29, 0.717) is 0 Å². The van der Waals surface area contributed by atoms with Gasteiger partial charge in [-0.3, -0.25) is 0 Å². The lowest BCUT2D eigenvalue weighted by Gasteiger charge is -2.22. The average Bonchev–Trinajstić information content (AvgIpc) is 2.66. The lowest BCUT2D eigenvalue weighted by atomic mass is 10.2. The predicted molar refractivity (Wildman–Crippen MR) is 57.0 cm³/mol. The van der Waals surface area contributed by atoms with Crippen LogP contribution in [0.25, 0.3) is 0 Å². The Balaban J connectivity index is 2.43. The second kappa shape index (κ2) is 3.98. The van der Waals surface area contributed by atoms with Crippen molar-refractivity contribution in [1.82, 2.24) is 10.4 Å². The van der Waals surface area contributed by atoms with E-state index in [-0.39, 0.29) is 23.5 Å². The first-order chi connectivity index (χ1) is 8.02. The molecule has 0 radical (unpaired) electrons. The lowest BCUT2D eigenvalue weighted by Crippen LogP contribution is -2.43. The quantitative estimate of drug-likeness (QED) is 0.604. The number of guanidine groups is 1. The van der Waals surface area contributed by atoms with Gasteiger partial charge in [-0.25, -0.2) is 30.0 Å². The molecular formula is C9H10N4O4. The summed E-state index contributed by atoms with van der Waals surface area (Å²) >= 11 is 0. The van der Waals surface area contributed by atoms with Crippen molar-refractivity contribution >= 4 is 23.6 Å². The van der Waals surface area contributed by atoms with E-state index in [1.54, 1.807) is 6.92 Å². The number of aliphatic carboxylic acids is 1. The van der Waals surface area contributed by atoms with Crippen LogP contribution in [0.4, 0.5) is 0 Å². The fraction of sp³-hybridized carbons (Fsp3) is 0.333. The highest BCUT2D eigenvalue weighted by molar-refractivity contribution is 6.44. The molecule has 90 valence electrons. The van der Waals surface area contributed by atoms with Crippen molar-refractivity contribution in [1.29, 1.82) is 0 Å². The maximum absolute atomic E-state index is 11.3. The van der Waals surface area contributed by atoms with Crippen LogP contribution < -0.4 is 5.43 Å². The Hall–Kier alpha value is -2.22. The molecule has 2 N–H and O–H groups in total. The zero-order valence-corrected chi connectivity index (χ0v) is 9.17. The van der Waals surface area contributed by atoms with Crippen molar-refractivity contribution in [2.24, 2.45) is 9.98 Å². The number of rotatable bonds is 2. The Morgan fingerprint density at radius 3 is 2.88 bits per heavy atom. The van der Waals surface area contributed by atoms with Gasteiger partial charge in [-0.05, 0) is 6.92 Å². The number of hydrogen-bond donors (Lipinski definition) is 2. The summed E-state index contributed by atoms with van der Waals surface area (Å²) in [7, 11) is 1.20. The normalized spacial score (nSPS) is 22.4. The zero-order chi connectivity index (χ0) is 12.6. The Labute approximate surface area is 96.3 Å². The van der Waals surface area contributed by atoms with Crippen LogP contribution in [0.5, 0.6) is 0 Å². The molecule has 1 unspecified atom stereocenters. The van der Waals surface area contributed by atoms with Gasteiger partial charge in [0, 0.05) is 6.08 Å². The number of fused-ring (bicyclic) bond motifs is 1. The molecule has 2 rings (SSSR count). The molecule has 0 aromatic rings. The molecule has 17 heavy (non-hydrogen) atoms. The van der Waals surface area contributed by atoms with Crippen molar-refractivity contribution in [2.75, 3.05) is 7.11 Å². The predicted octanol–water partition coefficient (Wildman–Crippen LogP) is -0.895. The SMILES string of the molecule is COC(=O)C1=NC2=NC(C)NN2C(C(=O)O)=C1. The van der Waals surface area contributed by atoms with Crippen LogP contribution in [0.2, 0.25) is 0 Å². The Kier molecular flexibility index (Phi) is 2.64. The molecule has 8 heteroatoms. The van der Waals surface area contributed by atoms with E-state index in [0.717, 1.165) is 6.08 Å². The Morgan fingerprint density at radius 2 is 2.29 bits per heavy atom. The maximum Gasteiger partial charge on any atom is 0.356 e. The van der Waals surface area contributed by atoms with Crippen molar-refractivity contribution in [2.45, 2.75) is 13.1 Å². The van der Waals surface area contributed by atoms with E-state index >= 15 is 0 Å². The van der Waals surface area contributed by atoms with Crippen molar-refractivity contribution in [3.8, 4) is 0 Å². The number of carboxylic acid groups (broad SMARTS) is 1. The highest BCUT2D eigenvalue weighted by Crippen LogP contribution is 2.16. The lowest BCUT2D eigenvalue weighted by molar-refractivity contribution is -0.134. The van der Waals surface area contributed by atoms with Gasteiger partial charge in [0.2, 0.25) is 5.96 Å². The zero-order valence-electron chi connectivity index (χ0n) is 9.17. The van der Waals surface area contributed by atoms with E-state index in [1.165, 1.54) is 12.1 Å². The Morgan fingerprint density at radius 1 is 1.59 bits per heavy atom. The van der Waals surface area contributed by atoms with Gasteiger partial charge < -0.3 is 9.84 Å². The first kappa shape index (κ1) is 11.3. The van der Waals surface area contributed by atoms with Crippen LogP contribution in [0.15, 0.2) is 21.8 Å². The number of hydrogen-bond acceptors (Lipinski definition) is 7. The monoisotopic (exact) mass is 238 g/mol. The number of nitrogens with one attached hydrogen (secondary N) is 1. The van der Waals surface area contributed by atoms with Gasteiger partial charge in [0.1, 0.15) is 11.9 Å². The molecule has 0 saturated carbocycles. The van der Waals surface area contributed by atoms with Gasteiger partial charge >= 0.3 is 11.9 Å². The highest BCUT2D eigenvalue weighted by atomic mass is 16.5. The minimum absolute atomic E-state index is 0.0872. The summed E-state index contributed by atoms with van der Waals surface area (Å²) in [6, 6.07) is 0. The summed E-state index contributed by atoms with van der Waals surface area (Å²) in [4.78, 5) is 30.3. The number of nitrogens with zero attached hydrogens (tertiary/aromatic N) is 3. The van der Waals surface area contributed by atoms with Gasteiger partial charge in [0.05, 0.1) is 7.11 Å². The minimum Gasteiger partial charge on any atom is -0.477 e. The van der Waals surface area contributed by atoms with E-state index < -0.39 is 11.9 Å². The maximum atomic E-state index is 11.3. The number of methoxy groups -OCH3 is 1. The van der Waals surface area contributed by atoms with Crippen LogP contribution in [0.3, 0.4) is 0 Å². The summed E-state index contributed by atoms with van der Waals surface area (Å²) in [6.45, 7) is 1.73. The van der Waals surface area contributed by atoms with Crippen molar-refractivity contribution in [3.63, 3.8) is 0 Å². The van der Waals surface area contributed by atoms with E-state index in [4.69, 9.17) is 5.11 Å². The van der Waals surface area contributed by atoms with Gasteiger partial charge in [-0.1, -0.05) is 0 Å². The third-order valence-corrected chi connectivity index (χ3v) is 2.17. The molecule has 0 amide bonds. The smallest absolute Gasteiger partial charge is 0.356 e. The molecule has 0 bridgehead atoms. The second-order valence-corrected chi connectivity index (χ2v) is 3.39. The number of carbonyl (C=O) groups excluding carboxylic acids is 1. The van der Waals surface area contributed by atoms with Crippen LogP contribution in [-0.2, 0) is 14.3 Å². The number of aliphatic imine (C=N–C) groups is 2. The molecule has 0 saturated heterocycles. The van der Waals surface area contributed by atoms with E-state index in [1.807, 2.05) is 0 Å². The molecule has 0 aromatic heterocycles. The number of esters is 1. The fourth-order valence-electron chi connectivity index (χ4n) is 1.46. The molecule has 0 aromatic carbocycles. The van der Waals surface area contributed by atoms with Crippen LogP contribution >= 0.6 is 0 Å². The first-order valence-corrected chi connectivity index (χ1v) is 4.79. The summed E-state index contributed by atoms with van der Waals surface area (Å²) < 4.78 is 4.49. The van der Waals surface area contributed by atoms with Crippen molar-refractivity contribution < 1.29 is 19.4 Å². The molecule has 2 aliphatic rings. The molecule has 2 heterocycles. The largest absolute Gasteiger partial charge is 0.477 e. The van der Waals surface area contributed by atoms with E-state index in [9.17, 15) is 9.59 Å². The second-order valence-electron chi connectivity index (χ2n) is 3.39. The fourth-order valence-corrected chi connectivity index (χ4v) is 1.46. The van der Waals surface area contributed by atoms with Crippen LogP contribution in [-0.4, -0.2) is 47.0 Å². The van der Waals surface area contributed by atoms with Crippen LogP contribution in [0, 0.1) is 0 Å². The molecule has 0 spiro atoms. The van der Waals surface area contributed by atoms with E-state index in [2.05, 4.69) is 20.1 Å². The molecule has 8 nitrogen and oxygen atoms in total. The summed E-state index contributed by atoms with van der Waals surface area (Å²) in [5, 5.41) is 10.3. The summed E-state index contributed by atoms with van der Waals surface area (Å²) in [5.41, 5.74) is 2.58. The molecule has 2 aliphatic heterocycles. The molecule has 0 fully saturated rings.